The smallest absolute Gasteiger partial charge is 0.241 e. The number of hydrogen-bond donors (Lipinski definition) is 3. The van der Waals surface area contributed by atoms with Crippen LogP contribution >= 0.6 is 0 Å². The summed E-state index contributed by atoms with van der Waals surface area (Å²) in [5.74, 6) is 0. The van der Waals surface area contributed by atoms with E-state index < -0.39 is 10.0 Å². The predicted molar refractivity (Wildman–Crippen MR) is 52.9 cm³/mol. The van der Waals surface area contributed by atoms with E-state index in [4.69, 9.17) is 5.14 Å². The number of nitrogens with zero attached hydrogens (tertiary/aromatic N) is 1. The third kappa shape index (κ3) is 2.66. The van der Waals surface area contributed by atoms with Crippen molar-refractivity contribution >= 4 is 15.7 Å². The van der Waals surface area contributed by atoms with Crippen molar-refractivity contribution in [1.82, 2.24) is 10.4 Å². The molecule has 0 radical (unpaired) electrons. The Kier molecular flexibility index (Phi) is 3.39. The van der Waals surface area contributed by atoms with E-state index in [0.717, 1.165) is 0 Å². The molecule has 0 saturated heterocycles. The molecular formula is C7H12N4O2S. The molecule has 0 amide bonds. The van der Waals surface area contributed by atoms with Crippen LogP contribution in [0.15, 0.2) is 23.4 Å². The predicted octanol–water partition coefficient (Wildman–Crippen LogP) is -0.335. The second kappa shape index (κ2) is 4.36. The summed E-state index contributed by atoms with van der Waals surface area (Å²) in [5, 5.41) is 4.99. The van der Waals surface area contributed by atoms with Crippen LogP contribution in [-0.2, 0) is 10.0 Å². The van der Waals surface area contributed by atoms with Gasteiger partial charge in [0.25, 0.3) is 0 Å². The Hall–Kier alpha value is -1.18. The Morgan fingerprint density at radius 3 is 2.86 bits per heavy atom. The maximum Gasteiger partial charge on any atom is 0.241 e. The normalized spacial score (nSPS) is 11.3. The lowest BCUT2D eigenvalue weighted by Gasteiger charge is -2.09. The molecular weight excluding hydrogens is 204 g/mol. The van der Waals surface area contributed by atoms with Gasteiger partial charge in [0.1, 0.15) is 4.90 Å². The number of hydrazine groups is 1. The highest BCUT2D eigenvalue weighted by Crippen LogP contribution is 2.16. The van der Waals surface area contributed by atoms with Gasteiger partial charge in [0.05, 0.1) is 5.69 Å². The molecule has 1 rings (SSSR count). The number of rotatable bonds is 4. The van der Waals surface area contributed by atoms with Crippen molar-refractivity contribution in [3.05, 3.63) is 18.5 Å². The highest BCUT2D eigenvalue weighted by atomic mass is 32.2. The maximum absolute atomic E-state index is 11.1. The summed E-state index contributed by atoms with van der Waals surface area (Å²) in [6, 6.07) is 1.53. The third-order valence-electron chi connectivity index (χ3n) is 1.49. The molecule has 14 heavy (non-hydrogen) atoms. The fourth-order valence-corrected chi connectivity index (χ4v) is 1.53. The first-order valence-electron chi connectivity index (χ1n) is 4.01. The number of pyridine rings is 1. The van der Waals surface area contributed by atoms with Gasteiger partial charge in [0.15, 0.2) is 0 Å². The quantitative estimate of drug-likeness (QED) is 0.598. The molecule has 6 nitrogen and oxygen atoms in total. The van der Waals surface area contributed by atoms with Crippen molar-refractivity contribution in [3.63, 3.8) is 0 Å². The molecule has 0 unspecified atom stereocenters. The second-order valence-electron chi connectivity index (χ2n) is 2.57. The van der Waals surface area contributed by atoms with Gasteiger partial charge in [-0.15, -0.1) is 0 Å². The highest BCUT2D eigenvalue weighted by Gasteiger charge is 2.12. The van der Waals surface area contributed by atoms with Crippen LogP contribution in [0.4, 0.5) is 5.69 Å². The van der Waals surface area contributed by atoms with Crippen molar-refractivity contribution in [3.8, 4) is 0 Å². The van der Waals surface area contributed by atoms with E-state index in [-0.39, 0.29) is 4.90 Å². The van der Waals surface area contributed by atoms with Crippen LogP contribution in [0.3, 0.4) is 0 Å². The average Bonchev–Trinajstić information content (AvgIpc) is 2.14. The van der Waals surface area contributed by atoms with Crippen LogP contribution in [-0.4, -0.2) is 19.9 Å². The molecule has 1 heterocycles. The van der Waals surface area contributed by atoms with Crippen molar-refractivity contribution in [1.29, 1.82) is 0 Å². The van der Waals surface area contributed by atoms with E-state index in [1.54, 1.807) is 0 Å². The van der Waals surface area contributed by atoms with Crippen LogP contribution in [0.5, 0.6) is 0 Å². The monoisotopic (exact) mass is 216 g/mol. The Morgan fingerprint density at radius 2 is 2.29 bits per heavy atom. The van der Waals surface area contributed by atoms with E-state index in [2.05, 4.69) is 15.8 Å². The number of aromatic nitrogens is 1. The van der Waals surface area contributed by atoms with Crippen molar-refractivity contribution in [2.24, 2.45) is 5.14 Å². The largest absolute Gasteiger partial charge is 0.320 e. The fraction of sp³-hybridized carbons (Fsp3) is 0.286. The molecule has 78 valence electrons. The molecule has 0 bridgehead atoms. The van der Waals surface area contributed by atoms with Gasteiger partial charge in [0, 0.05) is 18.9 Å². The van der Waals surface area contributed by atoms with Crippen LogP contribution in [0.25, 0.3) is 0 Å². The summed E-state index contributed by atoms with van der Waals surface area (Å²) in [5.41, 5.74) is 5.89. The minimum atomic E-state index is -3.73. The summed E-state index contributed by atoms with van der Waals surface area (Å²) in [7, 11) is -3.73. The lowest BCUT2D eigenvalue weighted by atomic mass is 10.4. The molecule has 4 N–H and O–H groups in total. The number of nitrogens with two attached hydrogens (primary N) is 1. The minimum absolute atomic E-state index is 0.0269. The fourth-order valence-electron chi connectivity index (χ4n) is 0.894. The molecule has 0 aliphatic carbocycles. The molecule has 1 aromatic rings. The maximum atomic E-state index is 11.1. The minimum Gasteiger partial charge on any atom is -0.320 e. The zero-order chi connectivity index (χ0) is 10.6. The lowest BCUT2D eigenvalue weighted by Crippen LogP contribution is -2.23. The Labute approximate surface area is 82.6 Å². The first-order chi connectivity index (χ1) is 6.55. The zero-order valence-electron chi connectivity index (χ0n) is 7.69. The van der Waals surface area contributed by atoms with Gasteiger partial charge >= 0.3 is 0 Å². The van der Waals surface area contributed by atoms with Crippen LogP contribution in [0.1, 0.15) is 6.92 Å². The summed E-state index contributed by atoms with van der Waals surface area (Å²) in [6.45, 7) is 2.54. The Bertz CT molecular complexity index is 404. The number of sulfonamides is 1. The van der Waals surface area contributed by atoms with Crippen LogP contribution in [0.2, 0.25) is 0 Å². The Balaban J connectivity index is 3.04. The van der Waals surface area contributed by atoms with Crippen LogP contribution in [0, 0.1) is 0 Å². The standard InChI is InChI=1S/C7H12N4O2S/c1-2-10-11-6-3-4-9-5-7(6)14(8,12)13/h3-5,10H,2H2,1H3,(H,9,11)(H2,8,12,13). The molecule has 0 aliphatic rings. The van der Waals surface area contributed by atoms with Crippen LogP contribution < -0.4 is 16.0 Å². The van der Waals surface area contributed by atoms with Gasteiger partial charge in [-0.1, -0.05) is 6.92 Å². The number of hydrogen-bond acceptors (Lipinski definition) is 5. The van der Waals surface area contributed by atoms with Crippen molar-refractivity contribution in [2.75, 3.05) is 12.0 Å². The second-order valence-corrected chi connectivity index (χ2v) is 4.10. The third-order valence-corrected chi connectivity index (χ3v) is 2.43. The number of nitrogens with one attached hydrogen (secondary N) is 2. The van der Waals surface area contributed by atoms with E-state index in [1.165, 1.54) is 18.5 Å². The van der Waals surface area contributed by atoms with E-state index in [9.17, 15) is 8.42 Å². The van der Waals surface area contributed by atoms with E-state index >= 15 is 0 Å². The van der Waals surface area contributed by atoms with Gasteiger partial charge in [-0.05, 0) is 6.07 Å². The summed E-state index contributed by atoms with van der Waals surface area (Å²) in [6.07, 6.45) is 2.68. The summed E-state index contributed by atoms with van der Waals surface area (Å²) >= 11 is 0. The average molecular weight is 216 g/mol. The number of primary sulfonamides is 1. The summed E-state index contributed by atoms with van der Waals surface area (Å²) < 4.78 is 22.2. The summed E-state index contributed by atoms with van der Waals surface area (Å²) in [4.78, 5) is 3.67. The molecule has 0 atom stereocenters. The van der Waals surface area contributed by atoms with Gasteiger partial charge in [-0.25, -0.2) is 19.0 Å². The van der Waals surface area contributed by atoms with Crippen molar-refractivity contribution < 1.29 is 8.42 Å². The molecule has 0 saturated carbocycles. The van der Waals surface area contributed by atoms with Gasteiger partial charge in [-0.2, -0.15) is 0 Å². The van der Waals surface area contributed by atoms with Gasteiger partial charge < -0.3 is 5.43 Å². The molecule has 0 aromatic carbocycles. The topological polar surface area (TPSA) is 97.1 Å². The Morgan fingerprint density at radius 1 is 1.57 bits per heavy atom. The molecule has 0 aliphatic heterocycles. The van der Waals surface area contributed by atoms with E-state index in [1.807, 2.05) is 6.92 Å². The van der Waals surface area contributed by atoms with Gasteiger partial charge in [-0.3, -0.25) is 4.98 Å². The van der Waals surface area contributed by atoms with Crippen molar-refractivity contribution in [2.45, 2.75) is 11.8 Å². The first kappa shape index (κ1) is 10.9. The molecule has 0 fully saturated rings. The lowest BCUT2D eigenvalue weighted by molar-refractivity contribution is 0.597. The molecule has 7 heteroatoms. The zero-order valence-corrected chi connectivity index (χ0v) is 8.50. The highest BCUT2D eigenvalue weighted by molar-refractivity contribution is 7.89. The first-order valence-corrected chi connectivity index (χ1v) is 5.56. The van der Waals surface area contributed by atoms with E-state index in [0.29, 0.717) is 12.2 Å². The molecule has 0 spiro atoms. The number of anilines is 1. The van der Waals surface area contributed by atoms with Gasteiger partial charge in [0.2, 0.25) is 10.0 Å². The molecule has 1 aromatic heterocycles. The SMILES string of the molecule is CCNNc1ccncc1S(N)(=O)=O.